The third-order valence-corrected chi connectivity index (χ3v) is 3.20. The third-order valence-electron chi connectivity index (χ3n) is 2.92. The summed E-state index contributed by atoms with van der Waals surface area (Å²) in [5.74, 6) is -1.22. The normalized spacial score (nSPS) is 10.9. The van der Waals surface area contributed by atoms with E-state index in [4.69, 9.17) is 11.6 Å². The zero-order valence-corrected chi connectivity index (χ0v) is 12.4. The van der Waals surface area contributed by atoms with Gasteiger partial charge in [-0.2, -0.15) is 0 Å². The van der Waals surface area contributed by atoms with Crippen LogP contribution in [0.15, 0.2) is 30.5 Å². The molecule has 0 aliphatic carbocycles. The first-order chi connectivity index (χ1) is 9.93. The molecule has 0 radical (unpaired) electrons. The first-order valence-electron chi connectivity index (χ1n) is 5.85. The standard InChI is InChI=1S/C14H9ClF5N.ClH/c15-5-8-3-9(6-21-12(8)14(19)20)7-1-2-11(16)10(4-7)13(17)18;/h1-4,6,13-14H,5H2;1H. The van der Waals surface area contributed by atoms with Crippen LogP contribution < -0.4 is 0 Å². The van der Waals surface area contributed by atoms with Gasteiger partial charge in [0.05, 0.1) is 5.56 Å². The monoisotopic (exact) mass is 357 g/mol. The Labute approximate surface area is 134 Å². The molecule has 8 heteroatoms. The molecule has 2 aromatic rings. The summed E-state index contributed by atoms with van der Waals surface area (Å²) in [6, 6.07) is 4.48. The summed E-state index contributed by atoms with van der Waals surface area (Å²) in [5.41, 5.74) is -0.529. The molecule has 0 saturated carbocycles. The lowest BCUT2D eigenvalue weighted by molar-refractivity contribution is 0.145. The second-order valence-corrected chi connectivity index (χ2v) is 4.51. The SMILES string of the molecule is Cl.Fc1ccc(-c2cnc(C(F)F)c(CCl)c2)cc1C(F)F. The summed E-state index contributed by atoms with van der Waals surface area (Å²) in [6.07, 6.45) is -4.62. The molecule has 0 amide bonds. The highest BCUT2D eigenvalue weighted by Gasteiger charge is 2.17. The number of nitrogens with zero attached hydrogens (tertiary/aromatic N) is 1. The van der Waals surface area contributed by atoms with E-state index in [2.05, 4.69) is 4.98 Å². The van der Waals surface area contributed by atoms with E-state index in [-0.39, 0.29) is 29.4 Å². The van der Waals surface area contributed by atoms with Crippen molar-refractivity contribution in [1.29, 1.82) is 0 Å². The lowest BCUT2D eigenvalue weighted by Crippen LogP contribution is -1.98. The van der Waals surface area contributed by atoms with Gasteiger partial charge in [-0.25, -0.2) is 22.0 Å². The predicted octanol–water partition coefficient (Wildman–Crippen LogP) is 5.92. The van der Waals surface area contributed by atoms with E-state index in [0.29, 0.717) is 5.56 Å². The molecular weight excluding hydrogens is 348 g/mol. The Bertz CT molecular complexity index is 649. The molecule has 0 spiro atoms. The Morgan fingerprint density at radius 2 is 1.68 bits per heavy atom. The molecule has 0 saturated heterocycles. The minimum atomic E-state index is -2.97. The van der Waals surface area contributed by atoms with Crippen LogP contribution in [0.4, 0.5) is 22.0 Å². The van der Waals surface area contributed by atoms with Gasteiger partial charge < -0.3 is 0 Å². The van der Waals surface area contributed by atoms with Crippen LogP contribution in [0.5, 0.6) is 0 Å². The van der Waals surface area contributed by atoms with Gasteiger partial charge in [0.25, 0.3) is 12.9 Å². The van der Waals surface area contributed by atoms with Crippen molar-refractivity contribution < 1.29 is 22.0 Å². The summed E-state index contributed by atoms with van der Waals surface area (Å²) in [5, 5.41) is 0. The Balaban J connectivity index is 0.00000242. The van der Waals surface area contributed by atoms with Gasteiger partial charge in [-0.1, -0.05) is 6.07 Å². The van der Waals surface area contributed by atoms with Crippen molar-refractivity contribution in [2.45, 2.75) is 18.7 Å². The molecule has 1 heterocycles. The number of aromatic nitrogens is 1. The Kier molecular flexibility index (Phi) is 6.56. The summed E-state index contributed by atoms with van der Waals surface area (Å²) in [4.78, 5) is 3.61. The van der Waals surface area contributed by atoms with Crippen molar-refractivity contribution in [1.82, 2.24) is 4.98 Å². The van der Waals surface area contributed by atoms with E-state index in [0.717, 1.165) is 18.3 Å². The Morgan fingerprint density at radius 3 is 2.23 bits per heavy atom. The molecule has 0 aliphatic heterocycles. The maximum atomic E-state index is 13.2. The number of pyridine rings is 1. The van der Waals surface area contributed by atoms with Crippen LogP contribution in [0.25, 0.3) is 11.1 Å². The fourth-order valence-corrected chi connectivity index (χ4v) is 2.09. The average Bonchev–Trinajstić information content (AvgIpc) is 2.46. The second-order valence-electron chi connectivity index (χ2n) is 4.24. The first-order valence-corrected chi connectivity index (χ1v) is 6.38. The van der Waals surface area contributed by atoms with Crippen molar-refractivity contribution in [3.05, 3.63) is 53.1 Å². The van der Waals surface area contributed by atoms with Crippen molar-refractivity contribution in [2.75, 3.05) is 0 Å². The Morgan fingerprint density at radius 1 is 1.00 bits per heavy atom. The molecule has 1 aromatic carbocycles. The largest absolute Gasteiger partial charge is 0.280 e. The number of benzene rings is 1. The average molecular weight is 358 g/mol. The van der Waals surface area contributed by atoms with Gasteiger partial charge in [-0.3, -0.25) is 4.98 Å². The molecule has 2 rings (SSSR count). The number of rotatable bonds is 4. The zero-order chi connectivity index (χ0) is 15.6. The van der Waals surface area contributed by atoms with Crippen molar-refractivity contribution in [2.24, 2.45) is 0 Å². The van der Waals surface area contributed by atoms with Gasteiger partial charge in [-0.15, -0.1) is 24.0 Å². The molecule has 0 unspecified atom stereocenters. The summed E-state index contributed by atoms with van der Waals surface area (Å²) in [6.45, 7) is 0. The lowest BCUT2D eigenvalue weighted by atomic mass is 10.0. The molecule has 0 atom stereocenters. The Hall–Kier alpha value is -1.40. The van der Waals surface area contributed by atoms with Crippen LogP contribution >= 0.6 is 24.0 Å². The number of alkyl halides is 5. The van der Waals surface area contributed by atoms with Crippen molar-refractivity contribution in [3.8, 4) is 11.1 Å². The van der Waals surface area contributed by atoms with E-state index >= 15 is 0 Å². The van der Waals surface area contributed by atoms with E-state index in [1.807, 2.05) is 0 Å². The summed E-state index contributed by atoms with van der Waals surface area (Å²) in [7, 11) is 0. The quantitative estimate of drug-likeness (QED) is 0.488. The summed E-state index contributed by atoms with van der Waals surface area (Å²) < 4.78 is 64.0. The van der Waals surface area contributed by atoms with Crippen LogP contribution in [0.2, 0.25) is 0 Å². The number of halogens is 7. The molecule has 1 aromatic heterocycles. The second kappa shape index (κ2) is 7.74. The van der Waals surface area contributed by atoms with Crippen LogP contribution in [-0.4, -0.2) is 4.98 Å². The van der Waals surface area contributed by atoms with Crippen molar-refractivity contribution >= 4 is 24.0 Å². The minimum absolute atomic E-state index is 0. The first kappa shape index (κ1) is 18.6. The van der Waals surface area contributed by atoms with E-state index in [1.165, 1.54) is 12.1 Å². The van der Waals surface area contributed by atoms with Gasteiger partial charge in [0.1, 0.15) is 11.5 Å². The van der Waals surface area contributed by atoms with Gasteiger partial charge >= 0.3 is 0 Å². The molecule has 0 aliphatic rings. The highest BCUT2D eigenvalue weighted by Crippen LogP contribution is 2.30. The van der Waals surface area contributed by atoms with E-state index < -0.39 is 29.9 Å². The maximum absolute atomic E-state index is 13.2. The van der Waals surface area contributed by atoms with Crippen LogP contribution in [-0.2, 0) is 5.88 Å². The molecule has 120 valence electrons. The van der Waals surface area contributed by atoms with Crippen LogP contribution in [0.1, 0.15) is 29.7 Å². The van der Waals surface area contributed by atoms with Crippen LogP contribution in [0, 0.1) is 5.82 Å². The van der Waals surface area contributed by atoms with E-state index in [1.54, 1.807) is 0 Å². The number of hydrogen-bond acceptors (Lipinski definition) is 1. The molecule has 0 fully saturated rings. The molecule has 0 bridgehead atoms. The molecule has 0 N–H and O–H groups in total. The lowest BCUT2D eigenvalue weighted by Gasteiger charge is -2.10. The van der Waals surface area contributed by atoms with Gasteiger partial charge in [0.15, 0.2) is 0 Å². The number of hydrogen-bond donors (Lipinski definition) is 0. The predicted molar refractivity (Wildman–Crippen MR) is 76.4 cm³/mol. The smallest absolute Gasteiger partial charge is 0.254 e. The topological polar surface area (TPSA) is 12.9 Å². The highest BCUT2D eigenvalue weighted by atomic mass is 35.5. The molecular formula is C14H10Cl2F5N. The summed E-state index contributed by atoms with van der Waals surface area (Å²) >= 11 is 5.59. The zero-order valence-electron chi connectivity index (χ0n) is 10.9. The van der Waals surface area contributed by atoms with Gasteiger partial charge in [0.2, 0.25) is 0 Å². The maximum Gasteiger partial charge on any atom is 0.280 e. The minimum Gasteiger partial charge on any atom is -0.254 e. The van der Waals surface area contributed by atoms with E-state index in [9.17, 15) is 22.0 Å². The van der Waals surface area contributed by atoms with Crippen molar-refractivity contribution in [3.63, 3.8) is 0 Å². The highest BCUT2D eigenvalue weighted by molar-refractivity contribution is 6.17. The van der Waals surface area contributed by atoms with Gasteiger partial charge in [0, 0.05) is 17.6 Å². The van der Waals surface area contributed by atoms with Crippen LogP contribution in [0.3, 0.4) is 0 Å². The molecule has 22 heavy (non-hydrogen) atoms. The fraction of sp³-hybridized carbons (Fsp3) is 0.214. The fourth-order valence-electron chi connectivity index (χ4n) is 1.87. The third kappa shape index (κ3) is 3.87. The molecule has 1 nitrogen and oxygen atoms in total. The van der Waals surface area contributed by atoms with Gasteiger partial charge in [-0.05, 0) is 29.3 Å².